The van der Waals surface area contributed by atoms with Gasteiger partial charge in [-0.1, -0.05) is 6.07 Å². The highest BCUT2D eigenvalue weighted by Gasteiger charge is 2.26. The molecule has 8 nitrogen and oxygen atoms in total. The number of pyridine rings is 1. The Labute approximate surface area is 195 Å². The Morgan fingerprint density at radius 1 is 0.970 bits per heavy atom. The third-order valence-corrected chi connectivity index (χ3v) is 6.64. The van der Waals surface area contributed by atoms with Gasteiger partial charge in [0.2, 0.25) is 5.91 Å². The molecule has 2 aliphatic rings. The molecule has 4 rings (SSSR count). The molecule has 8 heteroatoms. The van der Waals surface area contributed by atoms with E-state index in [0.717, 1.165) is 63.9 Å². The first-order valence-electron chi connectivity index (χ1n) is 11.7. The van der Waals surface area contributed by atoms with Crippen molar-refractivity contribution in [1.29, 1.82) is 0 Å². The highest BCUT2D eigenvalue weighted by molar-refractivity contribution is 5.89. The molecule has 1 aromatic carbocycles. The molecule has 3 heterocycles. The summed E-state index contributed by atoms with van der Waals surface area (Å²) in [5.74, 6) is 0.905. The monoisotopic (exact) mass is 451 g/mol. The molecule has 0 radical (unpaired) electrons. The number of methoxy groups -OCH3 is 1. The van der Waals surface area contributed by atoms with Crippen molar-refractivity contribution in [3.05, 3.63) is 54.2 Å². The Bertz CT molecular complexity index is 929. The van der Waals surface area contributed by atoms with Gasteiger partial charge in [-0.3, -0.25) is 9.69 Å². The molecule has 1 atom stereocenters. The minimum atomic E-state index is -0.317. The third kappa shape index (κ3) is 5.63. The smallest absolute Gasteiger partial charge is 0.337 e. The van der Waals surface area contributed by atoms with Crippen LogP contribution in [0.2, 0.25) is 0 Å². The minimum absolute atomic E-state index is 0.240. The largest absolute Gasteiger partial charge is 0.465 e. The fraction of sp³-hybridized carbons (Fsp3) is 0.480. The number of rotatable bonds is 6. The van der Waals surface area contributed by atoms with Gasteiger partial charge in [-0.2, -0.15) is 0 Å². The van der Waals surface area contributed by atoms with Crippen molar-refractivity contribution < 1.29 is 14.3 Å². The minimum Gasteiger partial charge on any atom is -0.465 e. The normalized spacial score (nSPS) is 19.5. The zero-order valence-electron chi connectivity index (χ0n) is 19.5. The van der Waals surface area contributed by atoms with Crippen LogP contribution in [0.1, 0.15) is 23.7 Å². The molecule has 0 saturated carbocycles. The molecule has 2 fully saturated rings. The lowest BCUT2D eigenvalue weighted by atomic mass is 10.1. The van der Waals surface area contributed by atoms with Crippen LogP contribution in [0.4, 0.5) is 11.5 Å². The van der Waals surface area contributed by atoms with Crippen LogP contribution in [0, 0.1) is 0 Å². The molecule has 33 heavy (non-hydrogen) atoms. The number of nitrogens with zero attached hydrogens (tertiary/aromatic N) is 5. The SMILES string of the molecule is COC(=O)c1ccc(N2CCN(CCC(=O)N3CCN(c4ccccn4)CC3)C(C)C2)cc1. The van der Waals surface area contributed by atoms with Crippen LogP contribution in [0.15, 0.2) is 48.7 Å². The van der Waals surface area contributed by atoms with Crippen molar-refractivity contribution >= 4 is 23.4 Å². The van der Waals surface area contributed by atoms with Gasteiger partial charge in [-0.25, -0.2) is 9.78 Å². The number of carbonyl (C=O) groups excluding carboxylic acids is 2. The van der Waals surface area contributed by atoms with Gasteiger partial charge in [0.15, 0.2) is 0 Å². The van der Waals surface area contributed by atoms with E-state index in [2.05, 4.69) is 26.6 Å². The summed E-state index contributed by atoms with van der Waals surface area (Å²) in [5.41, 5.74) is 1.67. The van der Waals surface area contributed by atoms with Gasteiger partial charge in [0.25, 0.3) is 0 Å². The molecular weight excluding hydrogens is 418 g/mol. The lowest BCUT2D eigenvalue weighted by Crippen LogP contribution is -2.53. The van der Waals surface area contributed by atoms with Crippen molar-refractivity contribution in [2.75, 3.05) is 69.3 Å². The quantitative estimate of drug-likeness (QED) is 0.623. The van der Waals surface area contributed by atoms with Gasteiger partial charge in [-0.15, -0.1) is 0 Å². The first kappa shape index (κ1) is 23.0. The molecule has 0 N–H and O–H groups in total. The number of carbonyl (C=O) groups is 2. The summed E-state index contributed by atoms with van der Waals surface area (Å²) in [7, 11) is 1.39. The zero-order valence-corrected chi connectivity index (χ0v) is 19.5. The van der Waals surface area contributed by atoms with Gasteiger partial charge in [-0.05, 0) is 43.3 Å². The van der Waals surface area contributed by atoms with Crippen molar-refractivity contribution in [3.63, 3.8) is 0 Å². The third-order valence-electron chi connectivity index (χ3n) is 6.64. The Morgan fingerprint density at radius 3 is 2.33 bits per heavy atom. The van der Waals surface area contributed by atoms with Crippen LogP contribution in [0.3, 0.4) is 0 Å². The van der Waals surface area contributed by atoms with Gasteiger partial charge in [0.1, 0.15) is 5.82 Å². The van der Waals surface area contributed by atoms with Crippen molar-refractivity contribution in [3.8, 4) is 0 Å². The van der Waals surface area contributed by atoms with Crippen molar-refractivity contribution in [2.45, 2.75) is 19.4 Å². The van der Waals surface area contributed by atoms with Crippen LogP contribution in [-0.2, 0) is 9.53 Å². The fourth-order valence-electron chi connectivity index (χ4n) is 4.61. The summed E-state index contributed by atoms with van der Waals surface area (Å²) < 4.78 is 4.77. The van der Waals surface area contributed by atoms with Crippen molar-refractivity contribution in [1.82, 2.24) is 14.8 Å². The molecule has 0 aliphatic carbocycles. The molecule has 1 aromatic heterocycles. The maximum Gasteiger partial charge on any atom is 0.337 e. The van der Waals surface area contributed by atoms with E-state index >= 15 is 0 Å². The van der Waals surface area contributed by atoms with Gasteiger partial charge in [0, 0.05) is 76.7 Å². The number of piperazine rings is 2. The number of hydrogen-bond donors (Lipinski definition) is 0. The van der Waals surface area contributed by atoms with E-state index in [1.165, 1.54) is 7.11 Å². The summed E-state index contributed by atoms with van der Waals surface area (Å²) in [5, 5.41) is 0. The van der Waals surface area contributed by atoms with Gasteiger partial charge < -0.3 is 19.4 Å². The Kier molecular flexibility index (Phi) is 7.44. The first-order chi connectivity index (χ1) is 16.0. The molecule has 2 saturated heterocycles. The van der Waals surface area contributed by atoms with Crippen molar-refractivity contribution in [2.24, 2.45) is 0 Å². The Balaban J connectivity index is 1.21. The van der Waals surface area contributed by atoms with E-state index in [9.17, 15) is 9.59 Å². The molecule has 1 unspecified atom stereocenters. The summed E-state index contributed by atoms with van der Waals surface area (Å²) in [6, 6.07) is 13.9. The Morgan fingerprint density at radius 2 is 1.70 bits per heavy atom. The van der Waals surface area contributed by atoms with Crippen LogP contribution in [0.5, 0.6) is 0 Å². The zero-order chi connectivity index (χ0) is 23.2. The molecular formula is C25H33N5O3. The van der Waals surface area contributed by atoms with E-state index in [-0.39, 0.29) is 11.9 Å². The number of amides is 1. The van der Waals surface area contributed by atoms with Gasteiger partial charge >= 0.3 is 5.97 Å². The summed E-state index contributed by atoms with van der Waals surface area (Å²) in [4.78, 5) is 37.8. The highest BCUT2D eigenvalue weighted by atomic mass is 16.5. The van der Waals surface area contributed by atoms with E-state index < -0.39 is 0 Å². The average molecular weight is 452 g/mol. The van der Waals surface area contributed by atoms with E-state index in [1.54, 1.807) is 0 Å². The number of ether oxygens (including phenoxy) is 1. The second-order valence-electron chi connectivity index (χ2n) is 8.68. The summed E-state index contributed by atoms with van der Waals surface area (Å²) in [6.45, 7) is 8.87. The number of benzene rings is 1. The molecule has 176 valence electrons. The number of anilines is 2. The van der Waals surface area contributed by atoms with Gasteiger partial charge in [0.05, 0.1) is 12.7 Å². The average Bonchev–Trinajstić information content (AvgIpc) is 2.88. The van der Waals surface area contributed by atoms with E-state index in [1.807, 2.05) is 53.6 Å². The first-order valence-corrected chi connectivity index (χ1v) is 11.7. The molecule has 2 aliphatic heterocycles. The Hall–Kier alpha value is -3.13. The molecule has 0 spiro atoms. The maximum absolute atomic E-state index is 12.8. The predicted octanol–water partition coefficient (Wildman–Crippen LogP) is 2.12. The summed E-state index contributed by atoms with van der Waals surface area (Å²) in [6.07, 6.45) is 2.37. The lowest BCUT2D eigenvalue weighted by molar-refractivity contribution is -0.132. The topological polar surface area (TPSA) is 69.2 Å². The lowest BCUT2D eigenvalue weighted by Gasteiger charge is -2.41. The van der Waals surface area contributed by atoms with Crippen LogP contribution in [-0.4, -0.2) is 92.2 Å². The predicted molar refractivity (Wildman–Crippen MR) is 129 cm³/mol. The number of hydrogen-bond acceptors (Lipinski definition) is 7. The summed E-state index contributed by atoms with van der Waals surface area (Å²) >= 11 is 0. The van der Waals surface area contributed by atoms with E-state index in [4.69, 9.17) is 4.74 Å². The molecule has 0 bridgehead atoms. The maximum atomic E-state index is 12.8. The van der Waals surface area contributed by atoms with Crippen LogP contribution < -0.4 is 9.80 Å². The van der Waals surface area contributed by atoms with E-state index in [0.29, 0.717) is 18.0 Å². The number of aromatic nitrogens is 1. The fourth-order valence-corrected chi connectivity index (χ4v) is 4.61. The second-order valence-corrected chi connectivity index (χ2v) is 8.68. The molecule has 1 amide bonds. The van der Waals surface area contributed by atoms with Crippen LogP contribution in [0.25, 0.3) is 0 Å². The number of esters is 1. The standard InChI is InChI=1S/C25H33N5O3/c1-20-19-30(22-8-6-21(7-9-22)25(32)33-2)18-13-27(20)12-10-24(31)29-16-14-28(15-17-29)23-5-3-4-11-26-23/h3-9,11,20H,10,12-19H2,1-2H3. The second kappa shape index (κ2) is 10.7. The molecule has 2 aromatic rings. The highest BCUT2D eigenvalue weighted by Crippen LogP contribution is 2.21. The van der Waals surface area contributed by atoms with Crippen LogP contribution >= 0.6 is 0 Å².